The SMILES string of the molecule is C[C@H](OC(=O)Cn1ccc(=O)[nH]c1=O)C(=O)c1ccc(NC(=O)C(C)(C)C)cc1. The number of benzene rings is 1. The van der Waals surface area contributed by atoms with Crippen molar-refractivity contribution in [3.05, 3.63) is 62.9 Å². The highest BCUT2D eigenvalue weighted by atomic mass is 16.5. The summed E-state index contributed by atoms with van der Waals surface area (Å²) >= 11 is 0. The summed E-state index contributed by atoms with van der Waals surface area (Å²) in [6.45, 7) is 6.35. The van der Waals surface area contributed by atoms with E-state index in [0.29, 0.717) is 11.3 Å². The van der Waals surface area contributed by atoms with E-state index in [1.807, 2.05) is 4.98 Å². The predicted molar refractivity (Wildman–Crippen MR) is 106 cm³/mol. The molecular weight excluding hydrogens is 378 g/mol. The van der Waals surface area contributed by atoms with Gasteiger partial charge in [-0.05, 0) is 31.2 Å². The highest BCUT2D eigenvalue weighted by Crippen LogP contribution is 2.18. The fraction of sp³-hybridized carbons (Fsp3) is 0.350. The van der Waals surface area contributed by atoms with Gasteiger partial charge in [-0.15, -0.1) is 0 Å². The molecule has 29 heavy (non-hydrogen) atoms. The highest BCUT2D eigenvalue weighted by molar-refractivity contribution is 6.01. The van der Waals surface area contributed by atoms with Crippen LogP contribution in [0.3, 0.4) is 0 Å². The zero-order valence-electron chi connectivity index (χ0n) is 16.6. The molecule has 1 aromatic carbocycles. The minimum Gasteiger partial charge on any atom is -0.453 e. The van der Waals surface area contributed by atoms with Crippen LogP contribution in [0.5, 0.6) is 0 Å². The first-order chi connectivity index (χ1) is 13.5. The minimum atomic E-state index is -1.07. The van der Waals surface area contributed by atoms with Crippen molar-refractivity contribution in [1.29, 1.82) is 0 Å². The monoisotopic (exact) mass is 401 g/mol. The van der Waals surface area contributed by atoms with Crippen LogP contribution < -0.4 is 16.6 Å². The Morgan fingerprint density at radius 3 is 2.28 bits per heavy atom. The van der Waals surface area contributed by atoms with Gasteiger partial charge in [0, 0.05) is 28.9 Å². The summed E-state index contributed by atoms with van der Waals surface area (Å²) in [5.74, 6) is -1.38. The molecule has 0 saturated heterocycles. The number of ketones is 1. The van der Waals surface area contributed by atoms with E-state index in [1.54, 1.807) is 32.9 Å². The molecule has 9 nitrogen and oxygen atoms in total. The molecule has 0 aliphatic carbocycles. The van der Waals surface area contributed by atoms with E-state index in [0.717, 1.165) is 10.6 Å². The van der Waals surface area contributed by atoms with Gasteiger partial charge < -0.3 is 10.1 Å². The molecule has 0 spiro atoms. The number of aromatic nitrogens is 2. The van der Waals surface area contributed by atoms with Crippen LogP contribution in [0, 0.1) is 5.41 Å². The lowest BCUT2D eigenvalue weighted by Crippen LogP contribution is -2.33. The number of ether oxygens (including phenoxy) is 1. The van der Waals surface area contributed by atoms with Crippen molar-refractivity contribution in [1.82, 2.24) is 9.55 Å². The maximum absolute atomic E-state index is 12.5. The van der Waals surface area contributed by atoms with Gasteiger partial charge in [0.05, 0.1) is 0 Å². The van der Waals surface area contributed by atoms with E-state index in [-0.39, 0.29) is 5.91 Å². The number of hydrogen-bond donors (Lipinski definition) is 2. The first-order valence-corrected chi connectivity index (χ1v) is 8.92. The molecule has 9 heteroatoms. The third kappa shape index (κ3) is 6.00. The van der Waals surface area contributed by atoms with Gasteiger partial charge in [0.1, 0.15) is 6.54 Å². The summed E-state index contributed by atoms with van der Waals surface area (Å²) in [5, 5.41) is 2.75. The zero-order valence-corrected chi connectivity index (χ0v) is 16.6. The number of esters is 1. The van der Waals surface area contributed by atoms with Crippen LogP contribution in [-0.2, 0) is 20.9 Å². The molecule has 2 rings (SSSR count). The van der Waals surface area contributed by atoms with Crippen molar-refractivity contribution in [3.63, 3.8) is 0 Å². The topological polar surface area (TPSA) is 127 Å². The third-order valence-electron chi connectivity index (χ3n) is 3.98. The number of Topliss-reactive ketones (excluding diaryl/α,β-unsaturated/α-hetero) is 1. The second-order valence-electron chi connectivity index (χ2n) is 7.52. The van der Waals surface area contributed by atoms with E-state index in [2.05, 4.69) is 5.32 Å². The predicted octanol–water partition coefficient (Wildman–Crippen LogP) is 1.34. The normalized spacial score (nSPS) is 12.1. The number of carbonyl (C=O) groups is 3. The van der Waals surface area contributed by atoms with Crippen molar-refractivity contribution in [2.45, 2.75) is 40.3 Å². The number of H-pyrrole nitrogens is 1. The van der Waals surface area contributed by atoms with Gasteiger partial charge >= 0.3 is 11.7 Å². The van der Waals surface area contributed by atoms with E-state index in [4.69, 9.17) is 4.74 Å². The average Bonchev–Trinajstić information content (AvgIpc) is 2.63. The van der Waals surface area contributed by atoms with Crippen LogP contribution in [0.4, 0.5) is 5.69 Å². The quantitative estimate of drug-likeness (QED) is 0.555. The molecule has 0 unspecified atom stereocenters. The Morgan fingerprint density at radius 2 is 1.72 bits per heavy atom. The van der Waals surface area contributed by atoms with Crippen molar-refractivity contribution in [2.75, 3.05) is 5.32 Å². The van der Waals surface area contributed by atoms with Crippen LogP contribution in [-0.4, -0.2) is 33.3 Å². The molecule has 154 valence electrons. The largest absolute Gasteiger partial charge is 0.453 e. The number of hydrogen-bond acceptors (Lipinski definition) is 6. The van der Waals surface area contributed by atoms with E-state index in [9.17, 15) is 24.0 Å². The molecule has 0 radical (unpaired) electrons. The van der Waals surface area contributed by atoms with Crippen LogP contribution in [0.25, 0.3) is 0 Å². The molecule has 2 aromatic rings. The van der Waals surface area contributed by atoms with Crippen LogP contribution in [0.15, 0.2) is 46.1 Å². The maximum Gasteiger partial charge on any atom is 0.328 e. The molecule has 0 bridgehead atoms. The third-order valence-corrected chi connectivity index (χ3v) is 3.98. The number of anilines is 1. The number of amides is 1. The van der Waals surface area contributed by atoms with Gasteiger partial charge in [0.25, 0.3) is 5.56 Å². The molecule has 1 amide bonds. The molecule has 0 aliphatic rings. The van der Waals surface area contributed by atoms with Gasteiger partial charge in [-0.2, -0.15) is 0 Å². The fourth-order valence-electron chi connectivity index (χ4n) is 2.27. The summed E-state index contributed by atoms with van der Waals surface area (Å²) in [4.78, 5) is 61.1. The number of rotatable bonds is 6. The second-order valence-corrected chi connectivity index (χ2v) is 7.52. The number of carbonyl (C=O) groups excluding carboxylic acids is 3. The Kier molecular flexibility index (Phi) is 6.53. The maximum atomic E-state index is 12.5. The second kappa shape index (κ2) is 8.68. The van der Waals surface area contributed by atoms with Crippen molar-refractivity contribution < 1.29 is 19.1 Å². The van der Waals surface area contributed by atoms with Crippen molar-refractivity contribution in [2.24, 2.45) is 5.41 Å². The van der Waals surface area contributed by atoms with Crippen molar-refractivity contribution >= 4 is 23.3 Å². The van der Waals surface area contributed by atoms with Gasteiger partial charge in [-0.25, -0.2) is 4.79 Å². The van der Waals surface area contributed by atoms with Crippen molar-refractivity contribution in [3.8, 4) is 0 Å². The summed E-state index contributed by atoms with van der Waals surface area (Å²) in [6.07, 6.45) is 0.0930. The number of aromatic amines is 1. The Morgan fingerprint density at radius 1 is 1.10 bits per heavy atom. The highest BCUT2D eigenvalue weighted by Gasteiger charge is 2.22. The summed E-state index contributed by atoms with van der Waals surface area (Å²) in [7, 11) is 0. The first kappa shape index (κ1) is 21.8. The Labute approximate surface area is 166 Å². The van der Waals surface area contributed by atoms with Crippen LogP contribution >= 0.6 is 0 Å². The minimum absolute atomic E-state index is 0.156. The summed E-state index contributed by atoms with van der Waals surface area (Å²) < 4.78 is 6.05. The lowest BCUT2D eigenvalue weighted by atomic mass is 9.95. The average molecular weight is 401 g/mol. The van der Waals surface area contributed by atoms with E-state index >= 15 is 0 Å². The standard InChI is InChI=1S/C20H23N3O6/c1-12(29-16(25)11-23-10-9-15(24)22-19(23)28)17(26)13-5-7-14(8-6-13)21-18(27)20(2,3)4/h5-10,12H,11H2,1-4H3,(H,21,27)(H,22,24,28)/t12-/m0/s1. The number of nitrogens with zero attached hydrogens (tertiary/aromatic N) is 1. The Bertz CT molecular complexity index is 1030. The molecule has 2 N–H and O–H groups in total. The number of nitrogens with one attached hydrogen (secondary N) is 2. The summed E-state index contributed by atoms with van der Waals surface area (Å²) in [6, 6.07) is 7.33. The molecule has 1 heterocycles. The van der Waals surface area contributed by atoms with Gasteiger partial charge in [-0.3, -0.25) is 28.7 Å². The van der Waals surface area contributed by atoms with E-state index < -0.39 is 41.1 Å². The van der Waals surface area contributed by atoms with E-state index in [1.165, 1.54) is 25.3 Å². The Balaban J connectivity index is 1.98. The van der Waals surface area contributed by atoms with Crippen LogP contribution in [0.1, 0.15) is 38.1 Å². The Hall–Kier alpha value is -3.49. The van der Waals surface area contributed by atoms with Gasteiger partial charge in [0.2, 0.25) is 11.7 Å². The summed E-state index contributed by atoms with van der Waals surface area (Å²) in [5.41, 5.74) is -1.03. The molecular formula is C20H23N3O6. The lowest BCUT2D eigenvalue weighted by molar-refractivity contribution is -0.147. The zero-order chi connectivity index (χ0) is 21.8. The molecule has 0 saturated carbocycles. The molecule has 1 atom stereocenters. The molecule has 0 aliphatic heterocycles. The smallest absolute Gasteiger partial charge is 0.328 e. The van der Waals surface area contributed by atoms with Crippen LogP contribution in [0.2, 0.25) is 0 Å². The molecule has 0 fully saturated rings. The van der Waals surface area contributed by atoms with Gasteiger partial charge in [0.15, 0.2) is 6.10 Å². The molecule has 1 aromatic heterocycles. The first-order valence-electron chi connectivity index (χ1n) is 8.92. The fourth-order valence-corrected chi connectivity index (χ4v) is 2.27. The van der Waals surface area contributed by atoms with Gasteiger partial charge in [-0.1, -0.05) is 20.8 Å². The lowest BCUT2D eigenvalue weighted by Gasteiger charge is -2.18.